The third-order valence-electron chi connectivity index (χ3n) is 5.25. The number of aliphatic imine (C=N–C) groups is 1. The first-order valence-corrected chi connectivity index (χ1v) is 10.3. The van der Waals surface area contributed by atoms with E-state index in [1.54, 1.807) is 0 Å². The molecule has 0 radical (unpaired) electrons. The van der Waals surface area contributed by atoms with Crippen LogP contribution in [0.5, 0.6) is 0 Å². The second kappa shape index (κ2) is 13.1. The van der Waals surface area contributed by atoms with Crippen LogP contribution < -0.4 is 10.6 Å². The number of likely N-dealkylation sites (tertiary alicyclic amines) is 1. The number of nitrogens with one attached hydrogen (secondary N) is 2. The predicted octanol–water partition coefficient (Wildman–Crippen LogP) is 1.12. The van der Waals surface area contributed by atoms with Gasteiger partial charge < -0.3 is 20.5 Å². The molecule has 0 aromatic carbocycles. The summed E-state index contributed by atoms with van der Waals surface area (Å²) < 4.78 is 5.38. The van der Waals surface area contributed by atoms with E-state index in [1.807, 2.05) is 6.92 Å². The van der Waals surface area contributed by atoms with E-state index in [4.69, 9.17) is 4.74 Å². The van der Waals surface area contributed by atoms with Crippen molar-refractivity contribution in [1.29, 1.82) is 0 Å². The standard InChI is InChI=1S/C19H39N5O2.HI/c1-4-20-18(21-14-17-8-6-7-9-24(17)5-2)22-15-19(3,25)16-23-10-12-26-13-11-23;/h17,25H,4-16H2,1-3H3,(H2,20,21,22);1H. The molecule has 0 amide bonds. The molecule has 2 atom stereocenters. The van der Waals surface area contributed by atoms with E-state index in [1.165, 1.54) is 25.8 Å². The SMILES string of the molecule is CCNC(=NCC(C)(O)CN1CCOCC1)NCC1CCCCN1CC.I. The maximum atomic E-state index is 10.7. The third-order valence-corrected chi connectivity index (χ3v) is 5.25. The highest BCUT2D eigenvalue weighted by Crippen LogP contribution is 2.15. The van der Waals surface area contributed by atoms with Crippen molar-refractivity contribution in [2.45, 2.75) is 51.7 Å². The lowest BCUT2D eigenvalue weighted by molar-refractivity contribution is -0.0180. The molecule has 0 saturated carbocycles. The number of ether oxygens (including phenoxy) is 1. The van der Waals surface area contributed by atoms with Gasteiger partial charge in [0.25, 0.3) is 0 Å². The van der Waals surface area contributed by atoms with Crippen LogP contribution in [0.3, 0.4) is 0 Å². The Hall–Kier alpha value is -0.160. The molecule has 2 rings (SSSR count). The number of piperidine rings is 1. The van der Waals surface area contributed by atoms with Crippen LogP contribution in [-0.2, 0) is 4.74 Å². The molecule has 2 aliphatic heterocycles. The molecule has 0 bridgehead atoms. The number of aliphatic hydroxyl groups is 1. The number of hydrogen-bond donors (Lipinski definition) is 3. The van der Waals surface area contributed by atoms with Crippen molar-refractivity contribution in [3.8, 4) is 0 Å². The zero-order valence-electron chi connectivity index (χ0n) is 17.4. The zero-order chi connectivity index (χ0) is 18.8. The number of rotatable bonds is 8. The number of guanidine groups is 1. The molecule has 160 valence electrons. The fraction of sp³-hybridized carbons (Fsp3) is 0.947. The first-order valence-electron chi connectivity index (χ1n) is 10.3. The Morgan fingerprint density at radius 2 is 1.93 bits per heavy atom. The lowest BCUT2D eigenvalue weighted by Crippen LogP contribution is -2.50. The summed E-state index contributed by atoms with van der Waals surface area (Å²) in [6.07, 6.45) is 3.86. The van der Waals surface area contributed by atoms with Gasteiger partial charge in [0, 0.05) is 38.8 Å². The third kappa shape index (κ3) is 9.25. The topological polar surface area (TPSA) is 72.4 Å². The molecule has 0 aromatic rings. The van der Waals surface area contributed by atoms with Crippen LogP contribution in [-0.4, -0.2) is 98.1 Å². The highest BCUT2D eigenvalue weighted by Gasteiger charge is 2.25. The second-order valence-corrected chi connectivity index (χ2v) is 7.74. The van der Waals surface area contributed by atoms with Crippen LogP contribution in [0.15, 0.2) is 4.99 Å². The van der Waals surface area contributed by atoms with Gasteiger partial charge in [0.1, 0.15) is 0 Å². The van der Waals surface area contributed by atoms with E-state index in [-0.39, 0.29) is 24.0 Å². The van der Waals surface area contributed by atoms with E-state index in [2.05, 4.69) is 39.3 Å². The van der Waals surface area contributed by atoms with Gasteiger partial charge in [0.05, 0.1) is 25.4 Å². The minimum atomic E-state index is -0.833. The average Bonchev–Trinajstić information content (AvgIpc) is 2.64. The van der Waals surface area contributed by atoms with E-state index < -0.39 is 5.60 Å². The van der Waals surface area contributed by atoms with Crippen molar-refractivity contribution in [2.24, 2.45) is 4.99 Å². The summed E-state index contributed by atoms with van der Waals surface area (Å²) in [5.74, 6) is 0.802. The monoisotopic (exact) mass is 497 g/mol. The Morgan fingerprint density at radius 1 is 1.19 bits per heavy atom. The van der Waals surface area contributed by atoms with Gasteiger partial charge in [-0.25, -0.2) is 0 Å². The molecule has 2 heterocycles. The van der Waals surface area contributed by atoms with Crippen LogP contribution in [0.1, 0.15) is 40.0 Å². The summed E-state index contributed by atoms with van der Waals surface area (Å²) in [6, 6.07) is 0.575. The average molecular weight is 497 g/mol. The molecule has 0 aliphatic carbocycles. The summed E-state index contributed by atoms with van der Waals surface area (Å²) >= 11 is 0. The van der Waals surface area contributed by atoms with Crippen LogP contribution in [0.25, 0.3) is 0 Å². The molecule has 2 saturated heterocycles. The Morgan fingerprint density at radius 3 is 2.59 bits per heavy atom. The van der Waals surface area contributed by atoms with Gasteiger partial charge in [-0.05, 0) is 39.8 Å². The minimum Gasteiger partial charge on any atom is -0.387 e. The van der Waals surface area contributed by atoms with Crippen molar-refractivity contribution in [1.82, 2.24) is 20.4 Å². The van der Waals surface area contributed by atoms with Crippen LogP contribution in [0, 0.1) is 0 Å². The Bertz CT molecular complexity index is 430. The summed E-state index contributed by atoms with van der Waals surface area (Å²) in [5.41, 5.74) is -0.833. The van der Waals surface area contributed by atoms with Crippen molar-refractivity contribution in [2.75, 3.05) is 65.6 Å². The zero-order valence-corrected chi connectivity index (χ0v) is 19.7. The van der Waals surface area contributed by atoms with Crippen molar-refractivity contribution in [3.63, 3.8) is 0 Å². The summed E-state index contributed by atoms with van der Waals surface area (Å²) in [6.45, 7) is 14.5. The molecule has 2 fully saturated rings. The van der Waals surface area contributed by atoms with Gasteiger partial charge >= 0.3 is 0 Å². The summed E-state index contributed by atoms with van der Waals surface area (Å²) in [5, 5.41) is 17.5. The number of likely N-dealkylation sites (N-methyl/N-ethyl adjacent to an activating group) is 1. The number of β-amino-alcohol motifs (C(OH)–C–C–N with tert-alkyl or cyclic N) is 1. The van der Waals surface area contributed by atoms with Gasteiger partial charge in [-0.15, -0.1) is 24.0 Å². The van der Waals surface area contributed by atoms with Crippen molar-refractivity contribution >= 4 is 29.9 Å². The largest absolute Gasteiger partial charge is 0.387 e. The fourth-order valence-electron chi connectivity index (χ4n) is 3.80. The molecule has 2 aliphatic rings. The maximum absolute atomic E-state index is 10.7. The molecule has 3 N–H and O–H groups in total. The Kier molecular flexibility index (Phi) is 12.1. The van der Waals surface area contributed by atoms with Gasteiger partial charge in [-0.3, -0.25) is 14.8 Å². The smallest absolute Gasteiger partial charge is 0.191 e. The molecule has 8 heteroatoms. The van der Waals surface area contributed by atoms with Crippen LogP contribution >= 0.6 is 24.0 Å². The lowest BCUT2D eigenvalue weighted by atomic mass is 10.0. The Balaban J connectivity index is 0.00000364. The van der Waals surface area contributed by atoms with Crippen molar-refractivity contribution < 1.29 is 9.84 Å². The van der Waals surface area contributed by atoms with E-state index in [9.17, 15) is 5.11 Å². The number of morpholine rings is 1. The lowest BCUT2D eigenvalue weighted by Gasteiger charge is -2.35. The summed E-state index contributed by atoms with van der Waals surface area (Å²) in [7, 11) is 0. The molecule has 0 aromatic heterocycles. The fourth-order valence-corrected chi connectivity index (χ4v) is 3.80. The molecule has 27 heavy (non-hydrogen) atoms. The number of halogens is 1. The molecule has 7 nitrogen and oxygen atoms in total. The normalized spacial score (nSPS) is 24.7. The second-order valence-electron chi connectivity index (χ2n) is 7.74. The summed E-state index contributed by atoms with van der Waals surface area (Å²) in [4.78, 5) is 9.45. The number of hydrogen-bond acceptors (Lipinski definition) is 5. The van der Waals surface area contributed by atoms with Crippen LogP contribution in [0.2, 0.25) is 0 Å². The van der Waals surface area contributed by atoms with Gasteiger partial charge in [0.15, 0.2) is 5.96 Å². The first-order chi connectivity index (χ1) is 12.5. The highest BCUT2D eigenvalue weighted by atomic mass is 127. The highest BCUT2D eigenvalue weighted by molar-refractivity contribution is 14.0. The molecule has 0 spiro atoms. The molecule has 2 unspecified atom stereocenters. The van der Waals surface area contributed by atoms with Gasteiger partial charge in [-0.1, -0.05) is 13.3 Å². The minimum absolute atomic E-state index is 0. The molecular weight excluding hydrogens is 457 g/mol. The quantitative estimate of drug-likeness (QED) is 0.265. The first kappa shape index (κ1) is 24.9. The van der Waals surface area contributed by atoms with Gasteiger partial charge in [0.2, 0.25) is 0 Å². The van der Waals surface area contributed by atoms with E-state index >= 15 is 0 Å². The van der Waals surface area contributed by atoms with E-state index in [0.29, 0.717) is 19.1 Å². The maximum Gasteiger partial charge on any atom is 0.191 e. The van der Waals surface area contributed by atoms with Crippen molar-refractivity contribution in [3.05, 3.63) is 0 Å². The van der Waals surface area contributed by atoms with E-state index in [0.717, 1.165) is 51.9 Å². The predicted molar refractivity (Wildman–Crippen MR) is 122 cm³/mol. The Labute approximate surface area is 182 Å². The molecular formula is C19H40IN5O2. The van der Waals surface area contributed by atoms with Gasteiger partial charge in [-0.2, -0.15) is 0 Å². The number of nitrogens with zero attached hydrogens (tertiary/aromatic N) is 3. The van der Waals surface area contributed by atoms with Crippen LogP contribution in [0.4, 0.5) is 0 Å².